The molecule has 4 heteroatoms. The van der Waals surface area contributed by atoms with Crippen LogP contribution in [0.4, 0.5) is 0 Å². The number of piperidine rings is 1. The lowest BCUT2D eigenvalue weighted by Gasteiger charge is -2.33. The van der Waals surface area contributed by atoms with E-state index in [1.807, 2.05) is 18.3 Å². The van der Waals surface area contributed by atoms with Gasteiger partial charge in [-0.25, -0.2) is 0 Å². The van der Waals surface area contributed by atoms with Gasteiger partial charge >= 0.3 is 0 Å². The lowest BCUT2D eigenvalue weighted by Crippen LogP contribution is -2.45. The molecule has 0 spiro atoms. The van der Waals surface area contributed by atoms with E-state index in [1.54, 1.807) is 6.07 Å². The molecule has 0 bridgehead atoms. The maximum Gasteiger partial charge on any atom is 0.115 e. The van der Waals surface area contributed by atoms with Gasteiger partial charge in [0.15, 0.2) is 0 Å². The standard InChI is InChI=1S/C20H27N3O/c1-2-16-8-9-18(21-12-16)13-22-19-6-4-10-23(15-19)14-17-5-3-7-20(24)11-17/h3,5,7-9,11-12,19,22,24H,2,4,6,10,13-15H2,1H3. The van der Waals surface area contributed by atoms with E-state index in [0.717, 1.165) is 38.3 Å². The SMILES string of the molecule is CCc1ccc(CNC2CCCN(Cc3cccc(O)c3)C2)nc1. The molecule has 4 nitrogen and oxygen atoms in total. The van der Waals surface area contributed by atoms with Crippen molar-refractivity contribution in [3.63, 3.8) is 0 Å². The van der Waals surface area contributed by atoms with Crippen LogP contribution in [0.5, 0.6) is 5.75 Å². The fourth-order valence-electron chi connectivity index (χ4n) is 3.30. The van der Waals surface area contributed by atoms with E-state index < -0.39 is 0 Å². The zero-order valence-electron chi connectivity index (χ0n) is 14.4. The molecule has 1 atom stereocenters. The van der Waals surface area contributed by atoms with E-state index in [0.29, 0.717) is 11.8 Å². The van der Waals surface area contributed by atoms with Crippen LogP contribution in [0.2, 0.25) is 0 Å². The number of benzene rings is 1. The summed E-state index contributed by atoms with van der Waals surface area (Å²) in [6, 6.07) is 12.4. The van der Waals surface area contributed by atoms with Gasteiger partial charge in [0.25, 0.3) is 0 Å². The number of phenols is 1. The van der Waals surface area contributed by atoms with Gasteiger partial charge in [-0.2, -0.15) is 0 Å². The van der Waals surface area contributed by atoms with Gasteiger partial charge in [-0.05, 0) is 55.1 Å². The van der Waals surface area contributed by atoms with Crippen molar-refractivity contribution in [2.45, 2.75) is 45.3 Å². The summed E-state index contributed by atoms with van der Waals surface area (Å²) in [5.74, 6) is 0.348. The molecule has 1 aromatic carbocycles. The molecule has 3 rings (SSSR count). The predicted octanol–water partition coefficient (Wildman–Crippen LogP) is 3.10. The normalized spacial score (nSPS) is 18.6. The highest BCUT2D eigenvalue weighted by atomic mass is 16.3. The Bertz CT molecular complexity index is 642. The summed E-state index contributed by atoms with van der Waals surface area (Å²) < 4.78 is 0. The van der Waals surface area contributed by atoms with E-state index in [4.69, 9.17) is 0 Å². The number of aromatic nitrogens is 1. The van der Waals surface area contributed by atoms with Crippen LogP contribution < -0.4 is 5.32 Å². The van der Waals surface area contributed by atoms with Crippen molar-refractivity contribution in [2.24, 2.45) is 0 Å². The van der Waals surface area contributed by atoms with Crippen molar-refractivity contribution in [2.75, 3.05) is 13.1 Å². The second-order valence-corrected chi connectivity index (χ2v) is 6.64. The molecule has 1 fully saturated rings. The molecule has 24 heavy (non-hydrogen) atoms. The van der Waals surface area contributed by atoms with Crippen molar-refractivity contribution in [1.82, 2.24) is 15.2 Å². The van der Waals surface area contributed by atoms with E-state index in [1.165, 1.54) is 24.0 Å². The van der Waals surface area contributed by atoms with Crippen LogP contribution in [0.3, 0.4) is 0 Å². The fraction of sp³-hybridized carbons (Fsp3) is 0.450. The van der Waals surface area contributed by atoms with Crippen LogP contribution in [0, 0.1) is 0 Å². The van der Waals surface area contributed by atoms with Crippen LogP contribution in [-0.4, -0.2) is 34.1 Å². The lowest BCUT2D eigenvalue weighted by molar-refractivity contribution is 0.182. The van der Waals surface area contributed by atoms with Crippen LogP contribution >= 0.6 is 0 Å². The highest BCUT2D eigenvalue weighted by Gasteiger charge is 2.19. The smallest absolute Gasteiger partial charge is 0.115 e. The quantitative estimate of drug-likeness (QED) is 0.857. The van der Waals surface area contributed by atoms with Crippen LogP contribution in [-0.2, 0) is 19.5 Å². The molecule has 0 amide bonds. The molecule has 1 unspecified atom stereocenters. The Kier molecular flexibility index (Phi) is 5.83. The third-order valence-electron chi connectivity index (χ3n) is 4.69. The Labute approximate surface area is 144 Å². The molecule has 1 aromatic heterocycles. The molecule has 0 radical (unpaired) electrons. The van der Waals surface area contributed by atoms with E-state index >= 15 is 0 Å². The van der Waals surface area contributed by atoms with E-state index in [2.05, 4.69) is 40.3 Å². The Morgan fingerprint density at radius 1 is 1.25 bits per heavy atom. The molecule has 1 aliphatic heterocycles. The molecule has 2 aromatic rings. The van der Waals surface area contributed by atoms with Gasteiger partial charge in [0.05, 0.1) is 5.69 Å². The Balaban J connectivity index is 1.49. The summed E-state index contributed by atoms with van der Waals surface area (Å²) in [5.41, 5.74) is 3.57. The number of aromatic hydroxyl groups is 1. The molecule has 1 saturated heterocycles. The van der Waals surface area contributed by atoms with Crippen LogP contribution in [0.15, 0.2) is 42.6 Å². The third-order valence-corrected chi connectivity index (χ3v) is 4.69. The predicted molar refractivity (Wildman–Crippen MR) is 96.9 cm³/mol. The average molecular weight is 325 g/mol. The molecule has 2 N–H and O–H groups in total. The summed E-state index contributed by atoms with van der Waals surface area (Å²) in [5, 5.41) is 13.3. The van der Waals surface area contributed by atoms with Crippen LogP contribution in [0.1, 0.15) is 36.6 Å². The van der Waals surface area contributed by atoms with Gasteiger partial charge in [0.1, 0.15) is 5.75 Å². The zero-order valence-corrected chi connectivity index (χ0v) is 14.4. The lowest BCUT2D eigenvalue weighted by atomic mass is 10.0. The minimum absolute atomic E-state index is 0.348. The zero-order chi connectivity index (χ0) is 16.8. The van der Waals surface area contributed by atoms with Crippen molar-refractivity contribution in [3.8, 4) is 5.75 Å². The summed E-state index contributed by atoms with van der Waals surface area (Å²) >= 11 is 0. The summed E-state index contributed by atoms with van der Waals surface area (Å²) in [4.78, 5) is 6.99. The molecular formula is C20H27N3O. The second kappa shape index (κ2) is 8.27. The van der Waals surface area contributed by atoms with Crippen molar-refractivity contribution >= 4 is 0 Å². The van der Waals surface area contributed by atoms with Gasteiger partial charge in [-0.1, -0.05) is 25.1 Å². The Morgan fingerprint density at radius 3 is 2.92 bits per heavy atom. The number of pyridine rings is 1. The largest absolute Gasteiger partial charge is 0.508 e. The first-order valence-corrected chi connectivity index (χ1v) is 8.90. The van der Waals surface area contributed by atoms with Crippen LogP contribution in [0.25, 0.3) is 0 Å². The number of aryl methyl sites for hydroxylation is 1. The second-order valence-electron chi connectivity index (χ2n) is 6.64. The fourth-order valence-corrected chi connectivity index (χ4v) is 3.30. The van der Waals surface area contributed by atoms with Crippen molar-refractivity contribution in [3.05, 3.63) is 59.4 Å². The molecule has 1 aliphatic rings. The molecule has 0 aliphatic carbocycles. The molecular weight excluding hydrogens is 298 g/mol. The maximum absolute atomic E-state index is 9.60. The maximum atomic E-state index is 9.60. The minimum atomic E-state index is 0.348. The van der Waals surface area contributed by atoms with Gasteiger partial charge in [-0.3, -0.25) is 9.88 Å². The topological polar surface area (TPSA) is 48.4 Å². The molecule has 128 valence electrons. The number of rotatable bonds is 6. The number of likely N-dealkylation sites (tertiary alicyclic amines) is 1. The van der Waals surface area contributed by atoms with E-state index in [9.17, 15) is 5.11 Å². The Morgan fingerprint density at radius 2 is 2.17 bits per heavy atom. The minimum Gasteiger partial charge on any atom is -0.508 e. The van der Waals surface area contributed by atoms with Gasteiger partial charge < -0.3 is 10.4 Å². The molecule has 0 saturated carbocycles. The highest BCUT2D eigenvalue weighted by Crippen LogP contribution is 2.17. The summed E-state index contributed by atoms with van der Waals surface area (Å²) in [6.07, 6.45) is 5.43. The monoisotopic (exact) mass is 325 g/mol. The number of hydrogen-bond donors (Lipinski definition) is 2. The first-order valence-electron chi connectivity index (χ1n) is 8.90. The summed E-state index contributed by atoms with van der Waals surface area (Å²) in [7, 11) is 0. The molecule has 2 heterocycles. The van der Waals surface area contributed by atoms with Crippen molar-refractivity contribution < 1.29 is 5.11 Å². The van der Waals surface area contributed by atoms with Gasteiger partial charge in [0.2, 0.25) is 0 Å². The number of nitrogens with zero attached hydrogens (tertiary/aromatic N) is 2. The van der Waals surface area contributed by atoms with Crippen molar-refractivity contribution in [1.29, 1.82) is 0 Å². The Hall–Kier alpha value is -1.91. The first-order chi connectivity index (χ1) is 11.7. The third kappa shape index (κ3) is 4.79. The van der Waals surface area contributed by atoms with Gasteiger partial charge in [0, 0.05) is 31.9 Å². The van der Waals surface area contributed by atoms with E-state index in [-0.39, 0.29) is 0 Å². The summed E-state index contributed by atoms with van der Waals surface area (Å²) in [6.45, 7) is 6.04. The number of hydrogen-bond acceptors (Lipinski definition) is 4. The first kappa shape index (κ1) is 16.9. The number of phenolic OH excluding ortho intramolecular Hbond substituents is 1. The highest BCUT2D eigenvalue weighted by molar-refractivity contribution is 5.27. The van der Waals surface area contributed by atoms with Gasteiger partial charge in [-0.15, -0.1) is 0 Å². The number of nitrogens with one attached hydrogen (secondary N) is 1. The average Bonchev–Trinajstić information content (AvgIpc) is 2.61.